The lowest BCUT2D eigenvalue weighted by atomic mass is 10.1. The van der Waals surface area contributed by atoms with Crippen LogP contribution in [0.3, 0.4) is 0 Å². The fourth-order valence-electron chi connectivity index (χ4n) is 2.93. The van der Waals surface area contributed by atoms with Crippen LogP contribution in [0, 0.1) is 18.3 Å². The second-order valence-electron chi connectivity index (χ2n) is 6.35. The van der Waals surface area contributed by atoms with Crippen LogP contribution in [-0.4, -0.2) is 16.2 Å². The Hall–Kier alpha value is -4.04. The SMILES string of the molecule is Cc1ccc(-c2nc(NN=Cc3ccccc3C#N)nc3ccccc23)cc1. The first-order valence-electron chi connectivity index (χ1n) is 8.86. The number of hydrazone groups is 1. The van der Waals surface area contributed by atoms with E-state index < -0.39 is 0 Å². The largest absolute Gasteiger partial charge is 0.245 e. The molecule has 4 aromatic rings. The van der Waals surface area contributed by atoms with Gasteiger partial charge in [-0.3, -0.25) is 0 Å². The molecule has 0 amide bonds. The molecule has 134 valence electrons. The Morgan fingerprint density at radius 3 is 2.50 bits per heavy atom. The van der Waals surface area contributed by atoms with Crippen molar-refractivity contribution in [3.05, 3.63) is 89.5 Å². The van der Waals surface area contributed by atoms with E-state index in [1.54, 1.807) is 12.3 Å². The highest BCUT2D eigenvalue weighted by Crippen LogP contribution is 2.27. The first-order chi connectivity index (χ1) is 13.7. The molecule has 0 bridgehead atoms. The minimum Gasteiger partial charge on any atom is -0.245 e. The Morgan fingerprint density at radius 1 is 0.929 bits per heavy atom. The summed E-state index contributed by atoms with van der Waals surface area (Å²) >= 11 is 0. The molecule has 1 heterocycles. The van der Waals surface area contributed by atoms with E-state index in [4.69, 9.17) is 0 Å². The molecule has 0 spiro atoms. The number of para-hydroxylation sites is 1. The molecule has 5 heteroatoms. The molecule has 0 unspecified atom stereocenters. The summed E-state index contributed by atoms with van der Waals surface area (Å²) in [4.78, 5) is 9.23. The molecule has 0 aliphatic carbocycles. The van der Waals surface area contributed by atoms with Crippen LogP contribution < -0.4 is 5.43 Å². The maximum Gasteiger partial charge on any atom is 0.244 e. The first-order valence-corrected chi connectivity index (χ1v) is 8.86. The predicted octanol–water partition coefficient (Wildman–Crippen LogP) is 4.92. The zero-order valence-corrected chi connectivity index (χ0v) is 15.3. The van der Waals surface area contributed by atoms with Gasteiger partial charge >= 0.3 is 0 Å². The third-order valence-corrected chi connectivity index (χ3v) is 4.38. The van der Waals surface area contributed by atoms with E-state index in [1.165, 1.54) is 5.56 Å². The van der Waals surface area contributed by atoms with Crippen LogP contribution in [0.5, 0.6) is 0 Å². The summed E-state index contributed by atoms with van der Waals surface area (Å²) in [7, 11) is 0. The summed E-state index contributed by atoms with van der Waals surface area (Å²) < 4.78 is 0. The molecule has 0 aliphatic rings. The number of anilines is 1. The van der Waals surface area contributed by atoms with Crippen molar-refractivity contribution < 1.29 is 0 Å². The standard InChI is InChI=1S/C23H17N5/c1-16-10-12-17(13-11-16)22-20-8-4-5-9-21(20)26-23(27-22)28-25-15-19-7-3-2-6-18(19)14-24/h2-13,15H,1H3,(H,26,27,28). The number of hydrogen-bond donors (Lipinski definition) is 1. The molecule has 1 aromatic heterocycles. The average Bonchev–Trinajstić information content (AvgIpc) is 2.74. The van der Waals surface area contributed by atoms with E-state index in [0.29, 0.717) is 11.5 Å². The van der Waals surface area contributed by atoms with E-state index in [0.717, 1.165) is 27.7 Å². The van der Waals surface area contributed by atoms with Crippen molar-refractivity contribution in [2.24, 2.45) is 5.10 Å². The Kier molecular flexibility index (Phi) is 4.77. The number of aromatic nitrogens is 2. The summed E-state index contributed by atoms with van der Waals surface area (Å²) in [5.74, 6) is 0.403. The lowest BCUT2D eigenvalue weighted by Crippen LogP contribution is -2.00. The third-order valence-electron chi connectivity index (χ3n) is 4.38. The van der Waals surface area contributed by atoms with E-state index in [9.17, 15) is 5.26 Å². The third kappa shape index (κ3) is 3.57. The van der Waals surface area contributed by atoms with E-state index in [1.807, 2.05) is 42.5 Å². The molecule has 0 radical (unpaired) electrons. The van der Waals surface area contributed by atoms with Gasteiger partial charge in [-0.2, -0.15) is 10.4 Å². The van der Waals surface area contributed by atoms with E-state index >= 15 is 0 Å². The first kappa shape index (κ1) is 17.4. The van der Waals surface area contributed by atoms with E-state index in [-0.39, 0.29) is 0 Å². The van der Waals surface area contributed by atoms with Gasteiger partial charge in [-0.15, -0.1) is 0 Å². The summed E-state index contributed by atoms with van der Waals surface area (Å²) in [6.07, 6.45) is 1.60. The van der Waals surface area contributed by atoms with Gasteiger partial charge in [-0.25, -0.2) is 15.4 Å². The van der Waals surface area contributed by atoms with Crippen molar-refractivity contribution >= 4 is 23.1 Å². The molecule has 0 saturated carbocycles. The van der Waals surface area contributed by atoms with Crippen LogP contribution in [0.15, 0.2) is 77.9 Å². The van der Waals surface area contributed by atoms with Crippen LogP contribution in [0.25, 0.3) is 22.2 Å². The average molecular weight is 363 g/mol. The highest BCUT2D eigenvalue weighted by molar-refractivity contribution is 5.93. The molecule has 0 aliphatic heterocycles. The molecule has 0 fully saturated rings. The second kappa shape index (κ2) is 7.68. The van der Waals surface area contributed by atoms with Crippen molar-refractivity contribution in [2.75, 3.05) is 5.43 Å². The van der Waals surface area contributed by atoms with Crippen molar-refractivity contribution in [1.82, 2.24) is 9.97 Å². The van der Waals surface area contributed by atoms with Gasteiger partial charge in [-0.1, -0.05) is 66.2 Å². The second-order valence-corrected chi connectivity index (χ2v) is 6.35. The minimum atomic E-state index is 0.403. The quantitative estimate of drug-likeness (QED) is 0.412. The zero-order valence-electron chi connectivity index (χ0n) is 15.3. The van der Waals surface area contributed by atoms with Gasteiger partial charge in [0.15, 0.2) is 0 Å². The predicted molar refractivity (Wildman–Crippen MR) is 112 cm³/mol. The van der Waals surface area contributed by atoms with Crippen LogP contribution >= 0.6 is 0 Å². The van der Waals surface area contributed by atoms with Crippen molar-refractivity contribution in [3.63, 3.8) is 0 Å². The van der Waals surface area contributed by atoms with Gasteiger partial charge in [-0.05, 0) is 19.1 Å². The fraction of sp³-hybridized carbons (Fsp3) is 0.0435. The Balaban J connectivity index is 1.71. The zero-order chi connectivity index (χ0) is 19.3. The number of aryl methyl sites for hydroxylation is 1. The molecule has 4 rings (SSSR count). The smallest absolute Gasteiger partial charge is 0.244 e. The van der Waals surface area contributed by atoms with Gasteiger partial charge in [0.05, 0.1) is 29.1 Å². The van der Waals surface area contributed by atoms with Crippen molar-refractivity contribution in [1.29, 1.82) is 5.26 Å². The van der Waals surface area contributed by atoms with Gasteiger partial charge in [0, 0.05) is 16.5 Å². The number of nitrogens with one attached hydrogen (secondary N) is 1. The summed E-state index contributed by atoms with van der Waals surface area (Å²) in [5.41, 5.74) is 8.09. The number of nitriles is 1. The highest BCUT2D eigenvalue weighted by atomic mass is 15.3. The van der Waals surface area contributed by atoms with Crippen LogP contribution in [0.2, 0.25) is 0 Å². The summed E-state index contributed by atoms with van der Waals surface area (Å²) in [5, 5.41) is 14.4. The van der Waals surface area contributed by atoms with Crippen molar-refractivity contribution in [3.8, 4) is 17.3 Å². The van der Waals surface area contributed by atoms with Crippen LogP contribution in [0.1, 0.15) is 16.7 Å². The van der Waals surface area contributed by atoms with Gasteiger partial charge in [0.1, 0.15) is 0 Å². The van der Waals surface area contributed by atoms with E-state index in [2.05, 4.69) is 57.8 Å². The molecule has 0 saturated heterocycles. The van der Waals surface area contributed by atoms with Gasteiger partial charge in [0.2, 0.25) is 5.95 Å². The molecular formula is C23H17N5. The van der Waals surface area contributed by atoms with Gasteiger partial charge < -0.3 is 0 Å². The maximum atomic E-state index is 9.18. The summed E-state index contributed by atoms with van der Waals surface area (Å²) in [6.45, 7) is 2.06. The number of hydrogen-bond acceptors (Lipinski definition) is 5. The monoisotopic (exact) mass is 363 g/mol. The Morgan fingerprint density at radius 2 is 1.68 bits per heavy atom. The highest BCUT2D eigenvalue weighted by Gasteiger charge is 2.09. The van der Waals surface area contributed by atoms with Crippen LogP contribution in [-0.2, 0) is 0 Å². The molecule has 1 N–H and O–H groups in total. The summed E-state index contributed by atoms with van der Waals surface area (Å²) in [6, 6.07) is 25.6. The van der Waals surface area contributed by atoms with Crippen LogP contribution in [0.4, 0.5) is 5.95 Å². The topological polar surface area (TPSA) is 74.0 Å². The molecule has 28 heavy (non-hydrogen) atoms. The fourth-order valence-corrected chi connectivity index (χ4v) is 2.93. The number of fused-ring (bicyclic) bond motifs is 1. The molecule has 5 nitrogen and oxygen atoms in total. The number of nitrogens with zero attached hydrogens (tertiary/aromatic N) is 4. The number of rotatable bonds is 4. The Bertz CT molecular complexity index is 1200. The lowest BCUT2D eigenvalue weighted by molar-refractivity contribution is 1.15. The minimum absolute atomic E-state index is 0.403. The molecule has 0 atom stereocenters. The van der Waals surface area contributed by atoms with Gasteiger partial charge in [0.25, 0.3) is 0 Å². The molecule has 3 aromatic carbocycles. The van der Waals surface area contributed by atoms with Crippen molar-refractivity contribution in [2.45, 2.75) is 6.92 Å². The number of benzene rings is 3. The molecular weight excluding hydrogens is 346 g/mol. The maximum absolute atomic E-state index is 9.18. The Labute approximate surface area is 163 Å². The normalized spacial score (nSPS) is 10.9. The lowest BCUT2D eigenvalue weighted by Gasteiger charge is -2.09.